The van der Waals surface area contributed by atoms with Crippen LogP contribution in [0.4, 0.5) is 5.69 Å². The number of nitrogens with zero attached hydrogens (tertiary/aromatic N) is 3. The van der Waals surface area contributed by atoms with E-state index in [2.05, 4.69) is 10.2 Å². The molecule has 3 heterocycles. The number of carbonyl (C=O) groups excluding carboxylic acids is 2. The van der Waals surface area contributed by atoms with Gasteiger partial charge in [0.25, 0.3) is 0 Å². The lowest BCUT2D eigenvalue weighted by Gasteiger charge is -2.34. The highest BCUT2D eigenvalue weighted by Crippen LogP contribution is 2.51. The summed E-state index contributed by atoms with van der Waals surface area (Å²) < 4.78 is 43.3. The number of aromatic nitrogens is 2. The van der Waals surface area contributed by atoms with Crippen LogP contribution in [0.15, 0.2) is 54.7 Å². The number of aliphatic hydroxyl groups is 1. The number of rotatable bonds is 12. The zero-order chi connectivity index (χ0) is 31.4. The summed E-state index contributed by atoms with van der Waals surface area (Å²) in [6, 6.07) is 14.8. The third kappa shape index (κ3) is 6.36. The number of nitrogens with two attached hydrogens (primary N) is 1. The molecule has 14 nitrogen and oxygen atoms in total. The number of para-hydroxylation sites is 1. The third-order valence-electron chi connectivity index (χ3n) is 6.85. The highest BCUT2D eigenvalue weighted by molar-refractivity contribution is 7.52. The average molecular weight is 616 g/mol. The maximum Gasteiger partial charge on any atom is 0.459 e. The molecule has 0 amide bonds. The third-order valence-corrected chi connectivity index (χ3v) is 8.34. The molecule has 1 aliphatic heterocycles. The molecule has 0 spiro atoms. The Hall–Kier alpha value is -3.99. The van der Waals surface area contributed by atoms with Crippen molar-refractivity contribution in [1.29, 1.82) is 5.26 Å². The first-order chi connectivity index (χ1) is 20.4. The maximum absolute atomic E-state index is 13.8. The lowest BCUT2D eigenvalue weighted by molar-refractivity contribution is -0.168. The topological polar surface area (TPSA) is 197 Å². The first kappa shape index (κ1) is 31.9. The lowest BCUT2D eigenvalue weighted by atomic mass is 9.80. The predicted molar refractivity (Wildman–Crippen MR) is 152 cm³/mol. The Balaban J connectivity index is 1.71. The van der Waals surface area contributed by atoms with Crippen LogP contribution in [0.25, 0.3) is 5.52 Å². The molecule has 0 saturated carbocycles. The van der Waals surface area contributed by atoms with E-state index in [4.69, 9.17) is 29.0 Å². The monoisotopic (exact) mass is 615 g/mol. The van der Waals surface area contributed by atoms with Gasteiger partial charge in [0.2, 0.25) is 5.60 Å². The van der Waals surface area contributed by atoms with Gasteiger partial charge in [0, 0.05) is 6.20 Å². The second-order valence-electron chi connectivity index (χ2n) is 10.2. The fourth-order valence-electron chi connectivity index (χ4n) is 4.63. The van der Waals surface area contributed by atoms with Gasteiger partial charge in [-0.05, 0) is 44.2 Å². The number of nitrogens with one attached hydrogen (secondary N) is 1. The molecule has 1 saturated heterocycles. The molecule has 15 heteroatoms. The fourth-order valence-corrected chi connectivity index (χ4v) is 5.91. The van der Waals surface area contributed by atoms with Crippen molar-refractivity contribution in [3.05, 3.63) is 60.4 Å². The molecule has 1 aromatic carbocycles. The van der Waals surface area contributed by atoms with Crippen LogP contribution in [0.2, 0.25) is 0 Å². The lowest BCUT2D eigenvalue weighted by Crippen LogP contribution is -2.54. The van der Waals surface area contributed by atoms with E-state index in [0.717, 1.165) is 0 Å². The molecular formula is C28H34N5O9P. The minimum atomic E-state index is -4.32. The first-order valence-electron chi connectivity index (χ1n) is 13.5. The highest BCUT2D eigenvalue weighted by atomic mass is 31.2. The Morgan fingerprint density at radius 2 is 1.98 bits per heavy atom. The van der Waals surface area contributed by atoms with Crippen molar-refractivity contribution in [2.75, 3.05) is 25.5 Å². The number of hydrogen-bond donors (Lipinski definition) is 3. The number of esters is 2. The van der Waals surface area contributed by atoms with Crippen LogP contribution >= 0.6 is 7.75 Å². The number of anilines is 1. The Morgan fingerprint density at radius 1 is 1.26 bits per heavy atom. The standard InChI is InChI=1S/C28H34N5O9P/c1-5-38-24(34)15-32-43(37,42-19-9-7-6-8-10-19)39-16-22-25(40-26(35)18(2)3)27(4,36)28(17-29,41-22)23-12-11-21-20(30)13-14-31-33(21)23/h6-14,18,22,25,36H,5,15-16,30H2,1-4H3,(H,32,37)/t22-,25-,27-,28+,43?/m1/s1. The molecule has 230 valence electrons. The Morgan fingerprint density at radius 3 is 2.63 bits per heavy atom. The average Bonchev–Trinajstić information content (AvgIpc) is 3.50. The summed E-state index contributed by atoms with van der Waals surface area (Å²) in [7, 11) is -4.32. The molecule has 1 aliphatic rings. The normalized spacial score (nSPS) is 24.8. The molecule has 5 atom stereocenters. The molecule has 4 rings (SSSR count). The van der Waals surface area contributed by atoms with Crippen LogP contribution in [-0.4, -0.2) is 64.2 Å². The van der Waals surface area contributed by atoms with Crippen molar-refractivity contribution in [2.45, 2.75) is 51.1 Å². The van der Waals surface area contributed by atoms with Crippen molar-refractivity contribution >= 4 is 30.9 Å². The summed E-state index contributed by atoms with van der Waals surface area (Å²) in [4.78, 5) is 24.8. The number of nitriles is 1. The predicted octanol–water partition coefficient (Wildman–Crippen LogP) is 2.71. The zero-order valence-electron chi connectivity index (χ0n) is 24.1. The van der Waals surface area contributed by atoms with Gasteiger partial charge in [0.05, 0.1) is 36.0 Å². The molecular weight excluding hydrogens is 581 g/mol. The number of hydrogen-bond acceptors (Lipinski definition) is 12. The van der Waals surface area contributed by atoms with Crippen LogP contribution in [-0.2, 0) is 38.5 Å². The smallest absolute Gasteiger partial charge is 0.459 e. The minimum absolute atomic E-state index is 0.101. The molecule has 1 unspecified atom stereocenters. The van der Waals surface area contributed by atoms with Gasteiger partial charge in [0.15, 0.2) is 6.10 Å². The first-order valence-corrected chi connectivity index (χ1v) is 15.1. The van der Waals surface area contributed by atoms with E-state index in [1.807, 2.05) is 6.07 Å². The number of nitrogen functional groups attached to an aromatic ring is 1. The van der Waals surface area contributed by atoms with E-state index < -0.39 is 62.2 Å². The van der Waals surface area contributed by atoms with Gasteiger partial charge >= 0.3 is 19.7 Å². The Bertz CT molecular complexity index is 1550. The molecule has 3 aromatic rings. The second kappa shape index (κ2) is 12.7. The molecule has 1 fully saturated rings. The summed E-state index contributed by atoms with van der Waals surface area (Å²) in [6.07, 6.45) is -1.41. The van der Waals surface area contributed by atoms with E-state index in [9.17, 15) is 24.5 Å². The van der Waals surface area contributed by atoms with Crippen molar-refractivity contribution in [1.82, 2.24) is 14.7 Å². The van der Waals surface area contributed by atoms with Gasteiger partial charge in [-0.25, -0.2) is 14.2 Å². The van der Waals surface area contributed by atoms with Crippen molar-refractivity contribution in [3.63, 3.8) is 0 Å². The van der Waals surface area contributed by atoms with E-state index >= 15 is 0 Å². The van der Waals surface area contributed by atoms with Gasteiger partial charge < -0.3 is 29.6 Å². The number of fused-ring (bicyclic) bond motifs is 1. The summed E-state index contributed by atoms with van der Waals surface area (Å²) >= 11 is 0. The highest BCUT2D eigenvalue weighted by Gasteiger charge is 2.67. The van der Waals surface area contributed by atoms with Crippen molar-refractivity contribution < 1.29 is 42.5 Å². The minimum Gasteiger partial charge on any atom is -0.465 e. The van der Waals surface area contributed by atoms with E-state index in [1.54, 1.807) is 51.1 Å². The van der Waals surface area contributed by atoms with Gasteiger partial charge in [-0.3, -0.25) is 14.1 Å². The van der Waals surface area contributed by atoms with Gasteiger partial charge in [-0.1, -0.05) is 32.0 Å². The molecule has 0 aliphatic carbocycles. The maximum atomic E-state index is 13.8. The van der Waals surface area contributed by atoms with Crippen LogP contribution in [0.5, 0.6) is 5.75 Å². The quantitative estimate of drug-likeness (QED) is 0.199. The summed E-state index contributed by atoms with van der Waals surface area (Å²) in [5, 5.41) is 29.2. The molecule has 43 heavy (non-hydrogen) atoms. The SMILES string of the molecule is CCOC(=O)CNP(=O)(OC[C@H]1O[C@@](C#N)(c2ccc3c(N)ccnn23)[C@](C)(O)[C@@H]1OC(=O)C(C)C)Oc1ccccc1. The van der Waals surface area contributed by atoms with Gasteiger partial charge in [-0.15, -0.1) is 0 Å². The molecule has 0 radical (unpaired) electrons. The fraction of sp³-hybridized carbons (Fsp3) is 0.429. The number of carbonyl (C=O) groups is 2. The zero-order valence-corrected chi connectivity index (χ0v) is 25.0. The Labute approximate surface area is 248 Å². The molecule has 0 bridgehead atoms. The van der Waals surface area contributed by atoms with Crippen LogP contribution in [0.3, 0.4) is 0 Å². The number of benzene rings is 1. The molecule has 4 N–H and O–H groups in total. The van der Waals surface area contributed by atoms with E-state index in [0.29, 0.717) is 11.2 Å². The van der Waals surface area contributed by atoms with Crippen LogP contribution < -0.4 is 15.3 Å². The van der Waals surface area contributed by atoms with Crippen LogP contribution in [0.1, 0.15) is 33.4 Å². The van der Waals surface area contributed by atoms with Gasteiger partial charge in [0.1, 0.15) is 30.1 Å². The second-order valence-corrected chi connectivity index (χ2v) is 12.0. The molecule has 2 aromatic heterocycles. The summed E-state index contributed by atoms with van der Waals surface area (Å²) in [5.74, 6) is -1.82. The van der Waals surface area contributed by atoms with Crippen LogP contribution in [0, 0.1) is 17.2 Å². The number of ether oxygens (including phenoxy) is 3. The summed E-state index contributed by atoms with van der Waals surface area (Å²) in [5.41, 5.74) is 2.67. The van der Waals surface area contributed by atoms with E-state index in [1.165, 1.54) is 35.8 Å². The van der Waals surface area contributed by atoms with Crippen molar-refractivity contribution in [2.24, 2.45) is 5.92 Å². The van der Waals surface area contributed by atoms with Crippen molar-refractivity contribution in [3.8, 4) is 11.8 Å². The van der Waals surface area contributed by atoms with E-state index in [-0.39, 0.29) is 18.1 Å². The Kier molecular flexibility index (Phi) is 9.44. The largest absolute Gasteiger partial charge is 0.465 e. The summed E-state index contributed by atoms with van der Waals surface area (Å²) in [6.45, 7) is 5.10. The van der Waals surface area contributed by atoms with Gasteiger partial charge in [-0.2, -0.15) is 10.4 Å².